The Morgan fingerprint density at radius 3 is 2.31 bits per heavy atom. The summed E-state index contributed by atoms with van der Waals surface area (Å²) in [7, 11) is 2.92. The van der Waals surface area contributed by atoms with Crippen molar-refractivity contribution in [2.45, 2.75) is 38.8 Å². The SMILES string of the molecule is COc1ccc(OC)c(NC(=O)[C@@H](CC(N)=O)NC(=O)OC(C)(C)C)c1. The summed E-state index contributed by atoms with van der Waals surface area (Å²) in [6, 6.07) is 3.61. The van der Waals surface area contributed by atoms with Gasteiger partial charge >= 0.3 is 6.09 Å². The van der Waals surface area contributed by atoms with Gasteiger partial charge in [-0.3, -0.25) is 9.59 Å². The molecule has 0 fully saturated rings. The minimum absolute atomic E-state index is 0.317. The molecular weight excluding hydrogens is 342 g/mol. The predicted octanol–water partition coefficient (Wildman–Crippen LogP) is 1.41. The molecule has 1 atom stereocenters. The lowest BCUT2D eigenvalue weighted by atomic mass is 10.1. The summed E-state index contributed by atoms with van der Waals surface area (Å²) in [5.74, 6) is -0.526. The molecule has 9 heteroatoms. The van der Waals surface area contributed by atoms with Crippen LogP contribution in [0.5, 0.6) is 11.5 Å². The number of hydrogen-bond donors (Lipinski definition) is 3. The van der Waals surface area contributed by atoms with Crippen molar-refractivity contribution in [2.24, 2.45) is 5.73 Å². The van der Waals surface area contributed by atoms with Gasteiger partial charge < -0.3 is 30.6 Å². The quantitative estimate of drug-likeness (QED) is 0.668. The van der Waals surface area contributed by atoms with Crippen molar-refractivity contribution in [3.05, 3.63) is 18.2 Å². The van der Waals surface area contributed by atoms with Crippen LogP contribution < -0.4 is 25.8 Å². The van der Waals surface area contributed by atoms with E-state index in [1.54, 1.807) is 39.0 Å². The summed E-state index contributed by atoms with van der Waals surface area (Å²) in [6.07, 6.45) is -1.23. The average Bonchev–Trinajstić information content (AvgIpc) is 2.51. The highest BCUT2D eigenvalue weighted by atomic mass is 16.6. The molecule has 0 saturated carbocycles. The van der Waals surface area contributed by atoms with Crippen molar-refractivity contribution in [3.63, 3.8) is 0 Å². The van der Waals surface area contributed by atoms with Crippen LogP contribution in [0.4, 0.5) is 10.5 Å². The fourth-order valence-corrected chi connectivity index (χ4v) is 1.99. The normalized spacial score (nSPS) is 11.9. The molecule has 0 aliphatic heterocycles. The van der Waals surface area contributed by atoms with Crippen LogP contribution in [-0.2, 0) is 14.3 Å². The summed E-state index contributed by atoms with van der Waals surface area (Å²) in [5, 5.41) is 4.93. The second kappa shape index (κ2) is 8.93. The van der Waals surface area contributed by atoms with Gasteiger partial charge in [0.05, 0.1) is 26.3 Å². The molecule has 3 amide bonds. The largest absolute Gasteiger partial charge is 0.497 e. The van der Waals surface area contributed by atoms with Crippen LogP contribution in [0.25, 0.3) is 0 Å². The van der Waals surface area contributed by atoms with E-state index < -0.39 is 36.0 Å². The van der Waals surface area contributed by atoms with Crippen LogP contribution in [0, 0.1) is 0 Å². The molecule has 1 rings (SSSR count). The number of methoxy groups -OCH3 is 2. The highest BCUT2D eigenvalue weighted by Gasteiger charge is 2.26. The smallest absolute Gasteiger partial charge is 0.408 e. The van der Waals surface area contributed by atoms with E-state index in [0.29, 0.717) is 17.2 Å². The average molecular weight is 367 g/mol. The van der Waals surface area contributed by atoms with E-state index in [0.717, 1.165) is 0 Å². The molecule has 0 radical (unpaired) electrons. The van der Waals surface area contributed by atoms with E-state index in [-0.39, 0.29) is 0 Å². The Kier molecular flexibility index (Phi) is 7.24. The number of hydrogen-bond acceptors (Lipinski definition) is 6. The third-order valence-electron chi connectivity index (χ3n) is 3.08. The maximum Gasteiger partial charge on any atom is 0.408 e. The molecule has 0 aliphatic carbocycles. The van der Waals surface area contributed by atoms with E-state index in [2.05, 4.69) is 10.6 Å². The number of nitrogens with two attached hydrogens (primary N) is 1. The molecule has 0 saturated heterocycles. The number of ether oxygens (including phenoxy) is 3. The fraction of sp³-hybridized carbons (Fsp3) is 0.471. The summed E-state index contributed by atoms with van der Waals surface area (Å²) >= 11 is 0. The van der Waals surface area contributed by atoms with Gasteiger partial charge in [-0.25, -0.2) is 4.79 Å². The number of carbonyl (C=O) groups is 3. The van der Waals surface area contributed by atoms with E-state index >= 15 is 0 Å². The zero-order chi connectivity index (χ0) is 19.9. The van der Waals surface area contributed by atoms with Crippen molar-refractivity contribution < 1.29 is 28.6 Å². The van der Waals surface area contributed by atoms with Gasteiger partial charge in [-0.15, -0.1) is 0 Å². The summed E-state index contributed by atoms with van der Waals surface area (Å²) in [6.45, 7) is 5.03. The molecule has 0 heterocycles. The van der Waals surface area contributed by atoms with Crippen LogP contribution in [0.15, 0.2) is 18.2 Å². The highest BCUT2D eigenvalue weighted by molar-refractivity contribution is 6.00. The number of alkyl carbamates (subject to hydrolysis) is 1. The lowest BCUT2D eigenvalue weighted by Gasteiger charge is -2.23. The molecule has 144 valence electrons. The summed E-state index contributed by atoms with van der Waals surface area (Å²) < 4.78 is 15.4. The number of primary amides is 1. The lowest BCUT2D eigenvalue weighted by molar-refractivity contribution is -0.124. The molecule has 0 aromatic heterocycles. The Bertz CT molecular complexity index is 669. The molecular formula is C17H25N3O6. The Hall–Kier alpha value is -2.97. The van der Waals surface area contributed by atoms with Crippen molar-refractivity contribution >= 4 is 23.6 Å². The van der Waals surface area contributed by atoms with Gasteiger partial charge in [0, 0.05) is 6.07 Å². The number of nitrogens with one attached hydrogen (secondary N) is 2. The molecule has 0 unspecified atom stereocenters. The van der Waals surface area contributed by atoms with Gasteiger partial charge in [0.1, 0.15) is 23.1 Å². The number of anilines is 1. The zero-order valence-electron chi connectivity index (χ0n) is 15.5. The zero-order valence-corrected chi connectivity index (χ0v) is 15.5. The first-order chi connectivity index (χ1) is 12.1. The van der Waals surface area contributed by atoms with Crippen molar-refractivity contribution in [1.29, 1.82) is 0 Å². The maximum absolute atomic E-state index is 12.5. The number of carbonyl (C=O) groups excluding carboxylic acids is 3. The second-order valence-electron chi connectivity index (χ2n) is 6.42. The fourth-order valence-electron chi connectivity index (χ4n) is 1.99. The molecule has 26 heavy (non-hydrogen) atoms. The van der Waals surface area contributed by atoms with Gasteiger partial charge in [-0.05, 0) is 32.9 Å². The van der Waals surface area contributed by atoms with Gasteiger partial charge in [0.15, 0.2) is 0 Å². The topological polar surface area (TPSA) is 129 Å². The molecule has 4 N–H and O–H groups in total. The van der Waals surface area contributed by atoms with Gasteiger partial charge in [-0.1, -0.05) is 0 Å². The summed E-state index contributed by atoms with van der Waals surface area (Å²) in [4.78, 5) is 35.7. The Labute approximate surface area is 152 Å². The number of benzene rings is 1. The van der Waals surface area contributed by atoms with Gasteiger partial charge in [0.25, 0.3) is 0 Å². The third kappa shape index (κ3) is 6.88. The van der Waals surface area contributed by atoms with E-state index in [4.69, 9.17) is 19.9 Å². The predicted molar refractivity (Wildman–Crippen MR) is 95.1 cm³/mol. The van der Waals surface area contributed by atoms with Crippen LogP contribution in [-0.4, -0.2) is 43.8 Å². The first-order valence-electron chi connectivity index (χ1n) is 7.86. The first kappa shape index (κ1) is 21.1. The maximum atomic E-state index is 12.5. The third-order valence-corrected chi connectivity index (χ3v) is 3.08. The second-order valence-corrected chi connectivity index (χ2v) is 6.42. The Balaban J connectivity index is 2.96. The summed E-state index contributed by atoms with van der Waals surface area (Å²) in [5.41, 5.74) is 4.73. The van der Waals surface area contributed by atoms with Crippen LogP contribution in [0.2, 0.25) is 0 Å². The van der Waals surface area contributed by atoms with Gasteiger partial charge in [-0.2, -0.15) is 0 Å². The van der Waals surface area contributed by atoms with E-state index in [9.17, 15) is 14.4 Å². The molecule has 1 aromatic rings. The van der Waals surface area contributed by atoms with Crippen LogP contribution in [0.3, 0.4) is 0 Å². The Morgan fingerprint density at radius 2 is 1.81 bits per heavy atom. The molecule has 0 aliphatic rings. The monoisotopic (exact) mass is 367 g/mol. The van der Waals surface area contributed by atoms with Crippen molar-refractivity contribution in [2.75, 3.05) is 19.5 Å². The van der Waals surface area contributed by atoms with Crippen LogP contribution >= 0.6 is 0 Å². The number of rotatable bonds is 7. The van der Waals surface area contributed by atoms with Crippen LogP contribution in [0.1, 0.15) is 27.2 Å². The van der Waals surface area contributed by atoms with E-state index in [1.807, 2.05) is 0 Å². The Morgan fingerprint density at radius 1 is 1.15 bits per heavy atom. The van der Waals surface area contributed by atoms with Gasteiger partial charge in [0.2, 0.25) is 11.8 Å². The number of amides is 3. The highest BCUT2D eigenvalue weighted by Crippen LogP contribution is 2.29. The van der Waals surface area contributed by atoms with Crippen molar-refractivity contribution in [3.8, 4) is 11.5 Å². The molecule has 9 nitrogen and oxygen atoms in total. The first-order valence-corrected chi connectivity index (χ1v) is 7.86. The standard InChI is InChI=1S/C17H25N3O6/c1-17(2,3)26-16(23)20-12(9-14(18)21)15(22)19-11-8-10(24-4)6-7-13(11)25-5/h6-8,12H,9H2,1-5H3,(H2,18,21)(H,19,22)(H,20,23)/t12-/m1/s1. The minimum atomic E-state index is -1.21. The molecule has 0 bridgehead atoms. The molecule has 0 spiro atoms. The van der Waals surface area contributed by atoms with E-state index in [1.165, 1.54) is 14.2 Å². The molecule has 1 aromatic carbocycles. The lowest BCUT2D eigenvalue weighted by Crippen LogP contribution is -2.47. The van der Waals surface area contributed by atoms with Crippen molar-refractivity contribution in [1.82, 2.24) is 5.32 Å². The minimum Gasteiger partial charge on any atom is -0.497 e.